The van der Waals surface area contributed by atoms with E-state index in [2.05, 4.69) is 16.8 Å². The zero-order valence-electron chi connectivity index (χ0n) is 10.8. The molecule has 0 saturated carbocycles. The van der Waals surface area contributed by atoms with Gasteiger partial charge in [0.1, 0.15) is 5.82 Å². The molecule has 98 valence electrons. The number of hydrogen-bond acceptors (Lipinski definition) is 5. The molecule has 2 N–H and O–H groups in total. The molecule has 0 aliphatic carbocycles. The van der Waals surface area contributed by atoms with Gasteiger partial charge >= 0.3 is 5.97 Å². The highest BCUT2D eigenvalue weighted by Gasteiger charge is 2.23. The molecule has 0 bridgehead atoms. The third-order valence-electron chi connectivity index (χ3n) is 3.26. The molecular weight excluding hydrogens is 230 g/mol. The Morgan fingerprint density at radius 2 is 2.44 bits per heavy atom. The van der Waals surface area contributed by atoms with E-state index in [-0.39, 0.29) is 5.97 Å². The normalized spacial score (nSPS) is 19.0. The Labute approximate surface area is 107 Å². The number of nitrogen functional groups attached to an aromatic ring is 1. The fourth-order valence-corrected chi connectivity index (χ4v) is 2.27. The van der Waals surface area contributed by atoms with Gasteiger partial charge in [0.25, 0.3) is 0 Å². The second kappa shape index (κ2) is 5.25. The molecule has 1 atom stereocenters. The van der Waals surface area contributed by atoms with Crippen molar-refractivity contribution >= 4 is 17.5 Å². The number of pyridine rings is 1. The molecule has 1 aromatic heterocycles. The third-order valence-corrected chi connectivity index (χ3v) is 3.26. The van der Waals surface area contributed by atoms with Crippen LogP contribution in [0.4, 0.5) is 11.5 Å². The van der Waals surface area contributed by atoms with Crippen LogP contribution in [0.15, 0.2) is 12.3 Å². The Hall–Kier alpha value is -1.78. The van der Waals surface area contributed by atoms with E-state index in [0.717, 1.165) is 25.2 Å². The number of hydrogen-bond donors (Lipinski definition) is 1. The van der Waals surface area contributed by atoms with Crippen LogP contribution in [0.5, 0.6) is 0 Å². The summed E-state index contributed by atoms with van der Waals surface area (Å²) in [6.45, 7) is 5.25. The maximum absolute atomic E-state index is 11.8. The molecule has 5 nitrogen and oxygen atoms in total. The number of rotatable bonds is 3. The van der Waals surface area contributed by atoms with Gasteiger partial charge in [0.05, 0.1) is 24.1 Å². The second-order valence-corrected chi connectivity index (χ2v) is 4.53. The highest BCUT2D eigenvalue weighted by molar-refractivity contribution is 5.95. The van der Waals surface area contributed by atoms with E-state index in [0.29, 0.717) is 23.9 Å². The van der Waals surface area contributed by atoms with E-state index >= 15 is 0 Å². The van der Waals surface area contributed by atoms with Gasteiger partial charge in [-0.25, -0.2) is 9.78 Å². The first kappa shape index (κ1) is 12.7. The van der Waals surface area contributed by atoms with Gasteiger partial charge in [0.2, 0.25) is 0 Å². The van der Waals surface area contributed by atoms with E-state index in [1.54, 1.807) is 13.0 Å². The van der Waals surface area contributed by atoms with Gasteiger partial charge < -0.3 is 15.4 Å². The lowest BCUT2D eigenvalue weighted by molar-refractivity contribution is 0.0527. The summed E-state index contributed by atoms with van der Waals surface area (Å²) in [5, 5.41) is 0. The number of nitrogens with two attached hydrogens (primary N) is 1. The molecule has 0 spiro atoms. The lowest BCUT2D eigenvalue weighted by atomic mass is 10.2. The smallest absolute Gasteiger partial charge is 0.340 e. The molecule has 1 unspecified atom stereocenters. The summed E-state index contributed by atoms with van der Waals surface area (Å²) in [5.41, 5.74) is 6.54. The number of carbonyl (C=O) groups is 1. The van der Waals surface area contributed by atoms with Crippen LogP contribution in [-0.2, 0) is 4.74 Å². The van der Waals surface area contributed by atoms with Gasteiger partial charge in [0, 0.05) is 12.6 Å². The maximum Gasteiger partial charge on any atom is 0.340 e. The Morgan fingerprint density at radius 1 is 1.67 bits per heavy atom. The van der Waals surface area contributed by atoms with Crippen LogP contribution in [0.3, 0.4) is 0 Å². The van der Waals surface area contributed by atoms with Crippen LogP contribution >= 0.6 is 0 Å². The van der Waals surface area contributed by atoms with Crippen molar-refractivity contribution in [3.8, 4) is 0 Å². The second-order valence-electron chi connectivity index (χ2n) is 4.53. The number of carbonyl (C=O) groups excluding carboxylic acids is 1. The molecule has 1 aliphatic rings. The summed E-state index contributed by atoms with van der Waals surface area (Å²) in [6.07, 6.45) is 3.84. The highest BCUT2D eigenvalue weighted by Crippen LogP contribution is 2.26. The molecule has 1 aromatic rings. The van der Waals surface area contributed by atoms with E-state index in [1.165, 1.54) is 6.20 Å². The zero-order chi connectivity index (χ0) is 13.1. The molecule has 18 heavy (non-hydrogen) atoms. The Kier molecular flexibility index (Phi) is 3.69. The number of anilines is 2. The van der Waals surface area contributed by atoms with Crippen LogP contribution in [0.25, 0.3) is 0 Å². The van der Waals surface area contributed by atoms with Crippen LogP contribution in [0.1, 0.15) is 37.0 Å². The molecular formula is C13H19N3O2. The predicted octanol–water partition coefficient (Wildman–Crippen LogP) is 1.83. The molecule has 1 fully saturated rings. The van der Waals surface area contributed by atoms with Crippen molar-refractivity contribution in [3.05, 3.63) is 17.8 Å². The molecule has 1 aliphatic heterocycles. The number of esters is 1. The standard InChI is InChI=1S/C13H19N3O2/c1-3-18-13(17)10-7-12(15-8-11(10)14)16-6-4-5-9(16)2/h7-9H,3-6,14H2,1-2H3. The quantitative estimate of drug-likeness (QED) is 0.828. The Bertz CT molecular complexity index is 448. The summed E-state index contributed by atoms with van der Waals surface area (Å²) in [4.78, 5) is 18.3. The first-order chi connectivity index (χ1) is 8.63. The van der Waals surface area contributed by atoms with Crippen LogP contribution in [0, 0.1) is 0 Å². The third kappa shape index (κ3) is 2.39. The summed E-state index contributed by atoms with van der Waals surface area (Å²) in [5.74, 6) is 0.419. The topological polar surface area (TPSA) is 68.5 Å². The molecule has 2 heterocycles. The van der Waals surface area contributed by atoms with Gasteiger partial charge in [0.15, 0.2) is 0 Å². The summed E-state index contributed by atoms with van der Waals surface area (Å²) in [6, 6.07) is 2.19. The fourth-order valence-electron chi connectivity index (χ4n) is 2.27. The van der Waals surface area contributed by atoms with E-state index < -0.39 is 0 Å². The summed E-state index contributed by atoms with van der Waals surface area (Å²) >= 11 is 0. The number of aromatic nitrogens is 1. The van der Waals surface area contributed by atoms with Crippen LogP contribution in [-0.4, -0.2) is 30.1 Å². The highest BCUT2D eigenvalue weighted by atomic mass is 16.5. The minimum atomic E-state index is -0.384. The summed E-state index contributed by atoms with van der Waals surface area (Å²) < 4.78 is 4.99. The average Bonchev–Trinajstić information content (AvgIpc) is 2.76. The zero-order valence-corrected chi connectivity index (χ0v) is 10.8. The van der Waals surface area contributed by atoms with Crippen LogP contribution in [0.2, 0.25) is 0 Å². The number of ether oxygens (including phenoxy) is 1. The molecule has 0 amide bonds. The SMILES string of the molecule is CCOC(=O)c1cc(N2CCCC2C)ncc1N. The van der Waals surface area contributed by atoms with E-state index in [1.807, 2.05) is 0 Å². The van der Waals surface area contributed by atoms with E-state index in [4.69, 9.17) is 10.5 Å². The minimum absolute atomic E-state index is 0.343. The molecule has 1 saturated heterocycles. The molecule has 2 rings (SSSR count). The van der Waals surface area contributed by atoms with Crippen molar-refractivity contribution in [2.75, 3.05) is 23.8 Å². The lowest BCUT2D eigenvalue weighted by Gasteiger charge is -2.23. The average molecular weight is 249 g/mol. The Morgan fingerprint density at radius 3 is 3.06 bits per heavy atom. The van der Waals surface area contributed by atoms with Crippen molar-refractivity contribution in [1.82, 2.24) is 4.98 Å². The van der Waals surface area contributed by atoms with Crippen molar-refractivity contribution in [3.63, 3.8) is 0 Å². The van der Waals surface area contributed by atoms with E-state index in [9.17, 15) is 4.79 Å². The van der Waals surface area contributed by atoms with Crippen LogP contribution < -0.4 is 10.6 Å². The van der Waals surface area contributed by atoms with Crippen molar-refractivity contribution in [2.24, 2.45) is 0 Å². The predicted molar refractivity (Wildman–Crippen MR) is 70.6 cm³/mol. The Balaban J connectivity index is 2.28. The van der Waals surface area contributed by atoms with Crippen molar-refractivity contribution < 1.29 is 9.53 Å². The van der Waals surface area contributed by atoms with Crippen molar-refractivity contribution in [2.45, 2.75) is 32.7 Å². The molecule has 5 heteroatoms. The van der Waals surface area contributed by atoms with Gasteiger partial charge in [-0.3, -0.25) is 0 Å². The lowest BCUT2D eigenvalue weighted by Crippen LogP contribution is -2.27. The van der Waals surface area contributed by atoms with Gasteiger partial charge in [-0.05, 0) is 32.8 Å². The van der Waals surface area contributed by atoms with Gasteiger partial charge in [-0.1, -0.05) is 0 Å². The number of nitrogens with zero attached hydrogens (tertiary/aromatic N) is 2. The van der Waals surface area contributed by atoms with Gasteiger partial charge in [-0.15, -0.1) is 0 Å². The maximum atomic E-state index is 11.8. The molecule has 0 aromatic carbocycles. The monoisotopic (exact) mass is 249 g/mol. The fraction of sp³-hybridized carbons (Fsp3) is 0.538. The largest absolute Gasteiger partial charge is 0.462 e. The first-order valence-electron chi connectivity index (χ1n) is 6.32. The van der Waals surface area contributed by atoms with Crippen molar-refractivity contribution in [1.29, 1.82) is 0 Å². The minimum Gasteiger partial charge on any atom is -0.462 e. The summed E-state index contributed by atoms with van der Waals surface area (Å²) in [7, 11) is 0. The first-order valence-corrected chi connectivity index (χ1v) is 6.32. The molecule has 0 radical (unpaired) electrons. The van der Waals surface area contributed by atoms with Gasteiger partial charge in [-0.2, -0.15) is 0 Å².